The van der Waals surface area contributed by atoms with E-state index >= 15 is 0 Å². The molecule has 21 heteroatoms. The predicted octanol–water partition coefficient (Wildman–Crippen LogP) is 12.1. The molecule has 8 rings (SSSR count). The minimum absolute atomic E-state index is 0. The molecule has 2 aliphatic heterocycles. The minimum Gasteiger partial charge on any atom is -0.480 e. The van der Waals surface area contributed by atoms with Crippen molar-refractivity contribution in [3.8, 4) is 34.3 Å². The lowest BCUT2D eigenvalue weighted by atomic mass is 9.85. The van der Waals surface area contributed by atoms with E-state index in [0.717, 1.165) is 33.3 Å². The average Bonchev–Trinajstić information content (AvgIpc) is 1.41. The number of aromatic nitrogens is 4. The van der Waals surface area contributed by atoms with Gasteiger partial charge in [0.25, 0.3) is 0 Å². The van der Waals surface area contributed by atoms with Gasteiger partial charge in [0, 0.05) is 30.5 Å². The van der Waals surface area contributed by atoms with Gasteiger partial charge in [-0.1, -0.05) is 162 Å². The first kappa shape index (κ1) is 74.8. The number of alkyl carbamates (subject to hydrolysis) is 2. The van der Waals surface area contributed by atoms with Crippen molar-refractivity contribution in [1.29, 1.82) is 0 Å². The van der Waals surface area contributed by atoms with Crippen LogP contribution in [0.2, 0.25) is 0 Å². The molecule has 4 N–H and O–H groups in total. The number of esters is 2. The number of carboxylic acids is 1. The number of fused-ring (bicyclic) bond motifs is 2. The van der Waals surface area contributed by atoms with Gasteiger partial charge in [-0.15, -0.1) is 13.2 Å². The van der Waals surface area contributed by atoms with Crippen LogP contribution in [0, 0.1) is 10.8 Å². The zero-order chi connectivity index (χ0) is 63.4. The molecule has 0 aliphatic carbocycles. The third kappa shape index (κ3) is 20.5. The number of benzene rings is 4. The fourth-order valence-electron chi connectivity index (χ4n) is 9.30. The van der Waals surface area contributed by atoms with E-state index in [1.54, 1.807) is 45.1 Å². The molecule has 90 heavy (non-hydrogen) atoms. The van der Waals surface area contributed by atoms with Gasteiger partial charge in [-0.2, -0.15) is 0 Å². The lowest BCUT2D eigenvalue weighted by molar-refractivity contribution is -0.152. The van der Waals surface area contributed by atoms with Crippen molar-refractivity contribution in [3.63, 3.8) is 0 Å². The summed E-state index contributed by atoms with van der Waals surface area (Å²) in [5.41, 5.74) is 6.42. The molecule has 6 atom stereocenters. The van der Waals surface area contributed by atoms with Crippen LogP contribution in [0.15, 0.2) is 136 Å². The summed E-state index contributed by atoms with van der Waals surface area (Å²) < 4.78 is 32.5. The standard InChI is InChI=1S/C33H38N4O6.C22H21N3O3.C11H19NO4.3CH4/c1-7-9-17-42-32(40)36-28(33(3,4)5)30(38)37-20-23(19-26(37)31(39)41-6)43-29-27(22-14-12-13-21(8-2)18-22)34-24-15-10-11-16-25(24)35-29;1-3-14-7-6-8-15(11-14)20-21(25-18-10-5-4-9-17(18)24-20)28-16-12-19(23-13-16)22(26)27-2;1-5-6-7-16-10(15)12-8(9(13)14)11(2,3)4;;;/h7-8,10-16,18,23,26,28H,1-2,9,17,19-20H2,3-6H3,(H,36,40);3-11,16,19,23H,1,12-13H2,2H3;5,8H,1,6-7H2,2-4H3,(H,12,15)(H,13,14);3*1H4/t23-,26+,28-;16-,19+;8-;;;/m111.../s1. The number of nitrogens with zero attached hydrogens (tertiary/aromatic N) is 5. The first-order valence-corrected chi connectivity index (χ1v) is 28.4. The number of likely N-dealkylation sites (tertiary alicyclic amines) is 1. The SMILES string of the molecule is C.C.C.C=CCCOC(=O)N[C@H](C(=O)N1C[C@H](Oc2nc3ccccc3nc2-c2cccc(C=C)c2)C[C@H]1C(=O)OC)C(C)(C)C.C=CCCOC(=O)N[C@H](C(=O)O)C(C)(C)C.C=Cc1cccc(-c2nc3ccccc3nc2O[C@H]2CN[C@H](C(=O)OC)C2)c1. The van der Waals surface area contributed by atoms with Crippen LogP contribution in [-0.4, -0.2) is 143 Å². The summed E-state index contributed by atoms with van der Waals surface area (Å²) in [7, 11) is 2.66. The van der Waals surface area contributed by atoms with Gasteiger partial charge in [-0.05, 0) is 71.2 Å². The van der Waals surface area contributed by atoms with E-state index in [2.05, 4.69) is 42.3 Å². The Morgan fingerprint density at radius 2 is 1.04 bits per heavy atom. The predicted molar refractivity (Wildman–Crippen MR) is 352 cm³/mol. The van der Waals surface area contributed by atoms with Crippen LogP contribution < -0.4 is 25.4 Å². The average molecular weight is 1240 g/mol. The Labute approximate surface area is 529 Å². The highest BCUT2D eigenvalue weighted by Crippen LogP contribution is 2.35. The van der Waals surface area contributed by atoms with Crippen LogP contribution in [0.1, 0.15) is 101 Å². The molecule has 4 heterocycles. The maximum Gasteiger partial charge on any atom is 0.407 e. The topological polar surface area (TPSA) is 269 Å². The maximum atomic E-state index is 14.0. The molecule has 2 aliphatic rings. The van der Waals surface area contributed by atoms with Gasteiger partial charge in [0.2, 0.25) is 17.7 Å². The minimum atomic E-state index is -1.08. The summed E-state index contributed by atoms with van der Waals surface area (Å²) >= 11 is 0. The van der Waals surface area contributed by atoms with Crippen molar-refractivity contribution in [1.82, 2.24) is 40.8 Å². The van der Waals surface area contributed by atoms with E-state index in [0.29, 0.717) is 54.1 Å². The summed E-state index contributed by atoms with van der Waals surface area (Å²) in [6.45, 7) is 26.4. The highest BCUT2D eigenvalue weighted by molar-refractivity contribution is 5.91. The third-order valence-corrected chi connectivity index (χ3v) is 13.9. The normalized spacial score (nSPS) is 16.3. The highest BCUT2D eigenvalue weighted by atomic mass is 16.6. The van der Waals surface area contributed by atoms with Crippen molar-refractivity contribution in [2.75, 3.05) is 40.5 Å². The van der Waals surface area contributed by atoms with E-state index in [1.807, 2.05) is 118 Å². The van der Waals surface area contributed by atoms with Crippen molar-refractivity contribution in [2.24, 2.45) is 10.8 Å². The number of methoxy groups -OCH3 is 2. The summed E-state index contributed by atoms with van der Waals surface area (Å²) in [4.78, 5) is 93.9. The molecule has 2 aromatic heterocycles. The number of carbonyl (C=O) groups is 6. The number of aliphatic carboxylic acids is 1. The first-order chi connectivity index (χ1) is 41.5. The second kappa shape index (κ2) is 34.9. The molecule has 0 radical (unpaired) electrons. The summed E-state index contributed by atoms with van der Waals surface area (Å²) in [6.07, 6.45) is 6.25. The second-order valence-corrected chi connectivity index (χ2v) is 22.5. The molecule has 2 saturated heterocycles. The Bertz CT molecular complexity index is 3450. The van der Waals surface area contributed by atoms with Gasteiger partial charge in [0.15, 0.2) is 0 Å². The van der Waals surface area contributed by atoms with E-state index in [-0.39, 0.29) is 72.5 Å². The van der Waals surface area contributed by atoms with Crippen molar-refractivity contribution >= 4 is 70.2 Å². The quantitative estimate of drug-likeness (QED) is 0.0239. The van der Waals surface area contributed by atoms with Crippen LogP contribution in [0.5, 0.6) is 11.8 Å². The van der Waals surface area contributed by atoms with Crippen LogP contribution in [0.25, 0.3) is 56.7 Å². The molecule has 6 aromatic rings. The summed E-state index contributed by atoms with van der Waals surface area (Å²) in [6, 6.07) is 27.5. The number of hydrogen-bond donors (Lipinski definition) is 4. The van der Waals surface area contributed by atoms with E-state index in [4.69, 9.17) is 53.5 Å². The smallest absolute Gasteiger partial charge is 0.407 e. The lowest BCUT2D eigenvalue weighted by Crippen LogP contribution is -2.57. The second-order valence-electron chi connectivity index (χ2n) is 22.5. The molecule has 484 valence electrons. The molecule has 0 bridgehead atoms. The molecule has 2 fully saturated rings. The Morgan fingerprint density at radius 3 is 1.46 bits per heavy atom. The Kier molecular flexibility index (Phi) is 29.0. The lowest BCUT2D eigenvalue weighted by Gasteiger charge is -2.34. The van der Waals surface area contributed by atoms with Gasteiger partial charge in [-0.25, -0.2) is 39.1 Å². The molecular formula is C69H90N8O13. The number of carbonyl (C=O) groups excluding carboxylic acids is 5. The Hall–Kier alpha value is -9.50. The van der Waals surface area contributed by atoms with Gasteiger partial charge in [0.1, 0.15) is 47.8 Å². The van der Waals surface area contributed by atoms with Crippen LogP contribution >= 0.6 is 0 Å². The van der Waals surface area contributed by atoms with Gasteiger partial charge < -0.3 is 54.4 Å². The Morgan fingerprint density at radius 1 is 0.611 bits per heavy atom. The summed E-state index contributed by atoms with van der Waals surface area (Å²) in [5, 5.41) is 17.1. The molecule has 0 saturated carbocycles. The number of ether oxygens (including phenoxy) is 6. The Balaban J connectivity index is 0.000000387. The number of para-hydroxylation sites is 4. The van der Waals surface area contributed by atoms with Gasteiger partial charge in [0.05, 0.1) is 56.0 Å². The molecule has 21 nitrogen and oxygen atoms in total. The van der Waals surface area contributed by atoms with E-state index in [9.17, 15) is 28.8 Å². The number of rotatable bonds is 20. The van der Waals surface area contributed by atoms with Crippen LogP contribution in [0.3, 0.4) is 0 Å². The summed E-state index contributed by atoms with van der Waals surface area (Å²) in [5.74, 6) is -1.65. The van der Waals surface area contributed by atoms with Crippen molar-refractivity contribution < 1.29 is 62.3 Å². The zero-order valence-electron chi connectivity index (χ0n) is 50.6. The zero-order valence-corrected chi connectivity index (χ0v) is 50.6. The van der Waals surface area contributed by atoms with E-state index < -0.39 is 65.1 Å². The molecular weight excluding hydrogens is 1150 g/mol. The third-order valence-electron chi connectivity index (χ3n) is 13.9. The van der Waals surface area contributed by atoms with Crippen LogP contribution in [-0.2, 0) is 38.1 Å². The van der Waals surface area contributed by atoms with Gasteiger partial charge >= 0.3 is 30.1 Å². The van der Waals surface area contributed by atoms with Crippen LogP contribution in [0.4, 0.5) is 9.59 Å². The largest absolute Gasteiger partial charge is 0.480 e. The number of carboxylic acid groups (broad SMARTS) is 1. The monoisotopic (exact) mass is 1240 g/mol. The van der Waals surface area contributed by atoms with E-state index in [1.165, 1.54) is 19.1 Å². The molecule has 0 unspecified atom stereocenters. The number of amides is 3. The van der Waals surface area contributed by atoms with Gasteiger partial charge in [-0.3, -0.25) is 9.59 Å². The maximum absolute atomic E-state index is 14.0. The van der Waals surface area contributed by atoms with Crippen molar-refractivity contribution in [3.05, 3.63) is 147 Å². The fourth-order valence-corrected chi connectivity index (χ4v) is 9.30. The number of hydrogen-bond acceptors (Lipinski definition) is 17. The highest BCUT2D eigenvalue weighted by Gasteiger charge is 2.47. The fraction of sp³-hybridized carbons (Fsp3) is 0.391. The number of nitrogens with one attached hydrogen (secondary N) is 3. The first-order valence-electron chi connectivity index (χ1n) is 28.4. The molecule has 3 amide bonds. The molecule has 0 spiro atoms. The van der Waals surface area contributed by atoms with Crippen molar-refractivity contribution in [2.45, 2.75) is 126 Å². The molecule has 4 aromatic carbocycles.